The molecule has 124 valence electrons. The molecule has 0 radical (unpaired) electrons. The maximum Gasteiger partial charge on any atom is 0.0233 e. The summed E-state index contributed by atoms with van der Waals surface area (Å²) in [4.78, 5) is 7.51. The fourth-order valence-electron chi connectivity index (χ4n) is 3.20. The van der Waals surface area contributed by atoms with Crippen LogP contribution in [0.2, 0.25) is 0 Å². The summed E-state index contributed by atoms with van der Waals surface area (Å²) < 4.78 is 0. The Bertz CT molecular complexity index is 398. The maximum atomic E-state index is 2.61. The van der Waals surface area contributed by atoms with Gasteiger partial charge in [-0.25, -0.2) is 0 Å². The second-order valence-electron chi connectivity index (χ2n) is 6.86. The maximum absolute atomic E-state index is 2.61. The Labute approximate surface area is 136 Å². The average Bonchev–Trinajstić information content (AvgIpc) is 2.55. The Morgan fingerprint density at radius 2 is 1.64 bits per heavy atom. The van der Waals surface area contributed by atoms with E-state index in [2.05, 4.69) is 66.1 Å². The molecule has 3 heteroatoms. The van der Waals surface area contributed by atoms with Gasteiger partial charge in [0, 0.05) is 26.2 Å². The molecule has 22 heavy (non-hydrogen) atoms. The summed E-state index contributed by atoms with van der Waals surface area (Å²) in [5, 5.41) is 0. The second-order valence-corrected chi connectivity index (χ2v) is 6.86. The number of benzene rings is 1. The Balaban J connectivity index is 1.64. The molecule has 1 fully saturated rings. The Kier molecular flexibility index (Phi) is 7.37. The van der Waals surface area contributed by atoms with Crippen molar-refractivity contribution in [2.75, 3.05) is 53.4 Å². The molecule has 0 unspecified atom stereocenters. The van der Waals surface area contributed by atoms with Crippen molar-refractivity contribution in [2.24, 2.45) is 5.92 Å². The zero-order valence-electron chi connectivity index (χ0n) is 14.7. The van der Waals surface area contributed by atoms with Crippen molar-refractivity contribution in [3.8, 4) is 0 Å². The van der Waals surface area contributed by atoms with E-state index in [4.69, 9.17) is 0 Å². The summed E-state index contributed by atoms with van der Waals surface area (Å²) in [5.41, 5.74) is 1.45. The average molecular weight is 303 g/mol. The molecule has 1 saturated heterocycles. The first-order chi connectivity index (χ1) is 10.7. The molecule has 0 amide bonds. The number of rotatable bonds is 8. The zero-order valence-corrected chi connectivity index (χ0v) is 14.7. The van der Waals surface area contributed by atoms with Crippen LogP contribution in [0.5, 0.6) is 0 Å². The Morgan fingerprint density at radius 3 is 2.27 bits per heavy atom. The van der Waals surface area contributed by atoms with Gasteiger partial charge in [-0.05, 0) is 58.1 Å². The van der Waals surface area contributed by atoms with Gasteiger partial charge in [-0.1, -0.05) is 37.3 Å². The molecule has 1 aromatic rings. The van der Waals surface area contributed by atoms with Gasteiger partial charge in [-0.15, -0.1) is 0 Å². The molecule has 0 bridgehead atoms. The second kappa shape index (κ2) is 9.29. The van der Waals surface area contributed by atoms with Gasteiger partial charge in [0.05, 0.1) is 0 Å². The summed E-state index contributed by atoms with van der Waals surface area (Å²) in [7, 11) is 4.48. The third kappa shape index (κ3) is 6.07. The highest BCUT2D eigenvalue weighted by Gasteiger charge is 2.20. The smallest absolute Gasteiger partial charge is 0.0233 e. The zero-order chi connectivity index (χ0) is 15.8. The fraction of sp³-hybridized carbons (Fsp3) is 0.684. The number of piperidine rings is 1. The van der Waals surface area contributed by atoms with Gasteiger partial charge in [0.15, 0.2) is 0 Å². The van der Waals surface area contributed by atoms with Crippen molar-refractivity contribution >= 4 is 0 Å². The third-order valence-electron chi connectivity index (χ3n) is 4.93. The van der Waals surface area contributed by atoms with Crippen LogP contribution in [0.3, 0.4) is 0 Å². The molecule has 0 aromatic heterocycles. The number of hydrogen-bond donors (Lipinski definition) is 0. The van der Waals surface area contributed by atoms with Crippen molar-refractivity contribution in [3.63, 3.8) is 0 Å². The van der Waals surface area contributed by atoms with Crippen LogP contribution in [-0.2, 0) is 6.54 Å². The Morgan fingerprint density at radius 1 is 1.00 bits per heavy atom. The lowest BCUT2D eigenvalue weighted by Gasteiger charge is -2.34. The molecule has 2 rings (SSSR count). The fourth-order valence-corrected chi connectivity index (χ4v) is 3.20. The number of likely N-dealkylation sites (tertiary alicyclic amines) is 1. The van der Waals surface area contributed by atoms with Crippen LogP contribution in [0.4, 0.5) is 0 Å². The molecular weight excluding hydrogens is 270 g/mol. The van der Waals surface area contributed by atoms with Gasteiger partial charge in [0.2, 0.25) is 0 Å². The molecule has 1 heterocycles. The van der Waals surface area contributed by atoms with Crippen LogP contribution < -0.4 is 0 Å². The molecule has 0 saturated carbocycles. The molecule has 0 spiro atoms. The molecule has 1 aromatic carbocycles. The number of likely N-dealkylation sites (N-methyl/N-ethyl adjacent to an activating group) is 2. The van der Waals surface area contributed by atoms with E-state index in [1.165, 1.54) is 51.1 Å². The monoisotopic (exact) mass is 303 g/mol. The van der Waals surface area contributed by atoms with Gasteiger partial charge < -0.3 is 9.80 Å². The normalized spacial score (nSPS) is 17.5. The lowest BCUT2D eigenvalue weighted by Crippen LogP contribution is -2.39. The highest BCUT2D eigenvalue weighted by Crippen LogP contribution is 2.19. The minimum Gasteiger partial charge on any atom is -0.305 e. The first-order valence-electron chi connectivity index (χ1n) is 8.80. The van der Waals surface area contributed by atoms with Gasteiger partial charge in [-0.2, -0.15) is 0 Å². The van der Waals surface area contributed by atoms with Crippen LogP contribution in [0.1, 0.15) is 25.3 Å². The van der Waals surface area contributed by atoms with Crippen molar-refractivity contribution in [1.29, 1.82) is 0 Å². The van der Waals surface area contributed by atoms with E-state index in [0.717, 1.165) is 19.0 Å². The van der Waals surface area contributed by atoms with Crippen LogP contribution >= 0.6 is 0 Å². The van der Waals surface area contributed by atoms with Crippen molar-refractivity contribution in [3.05, 3.63) is 35.9 Å². The van der Waals surface area contributed by atoms with Crippen molar-refractivity contribution in [2.45, 2.75) is 26.3 Å². The van der Waals surface area contributed by atoms with E-state index in [1.807, 2.05) is 0 Å². The van der Waals surface area contributed by atoms with Crippen LogP contribution in [0.15, 0.2) is 30.3 Å². The molecule has 3 nitrogen and oxygen atoms in total. The minimum absolute atomic E-state index is 0.879. The summed E-state index contributed by atoms with van der Waals surface area (Å²) in [6, 6.07) is 10.9. The highest BCUT2D eigenvalue weighted by molar-refractivity contribution is 5.14. The predicted molar refractivity (Wildman–Crippen MR) is 95.1 cm³/mol. The van der Waals surface area contributed by atoms with Gasteiger partial charge in [-0.3, -0.25) is 4.90 Å². The number of hydrogen-bond acceptors (Lipinski definition) is 3. The van der Waals surface area contributed by atoms with E-state index in [9.17, 15) is 0 Å². The molecule has 0 atom stereocenters. The van der Waals surface area contributed by atoms with Crippen molar-refractivity contribution < 1.29 is 0 Å². The van der Waals surface area contributed by atoms with E-state index in [1.54, 1.807) is 0 Å². The van der Waals surface area contributed by atoms with Crippen molar-refractivity contribution in [1.82, 2.24) is 14.7 Å². The topological polar surface area (TPSA) is 9.72 Å². The van der Waals surface area contributed by atoms with Crippen LogP contribution in [-0.4, -0.2) is 68.1 Å². The number of nitrogens with zero attached hydrogens (tertiary/aromatic N) is 3. The van der Waals surface area contributed by atoms with Crippen LogP contribution in [0.25, 0.3) is 0 Å². The summed E-state index contributed by atoms with van der Waals surface area (Å²) in [6.45, 7) is 10.6. The van der Waals surface area contributed by atoms with E-state index in [0.29, 0.717) is 0 Å². The largest absolute Gasteiger partial charge is 0.305 e. The van der Waals surface area contributed by atoms with Gasteiger partial charge >= 0.3 is 0 Å². The third-order valence-corrected chi connectivity index (χ3v) is 4.93. The predicted octanol–water partition coefficient (Wildman–Crippen LogP) is 2.78. The first kappa shape index (κ1) is 17.5. The molecular formula is C19H33N3. The van der Waals surface area contributed by atoms with E-state index < -0.39 is 0 Å². The van der Waals surface area contributed by atoms with E-state index >= 15 is 0 Å². The summed E-state index contributed by atoms with van der Waals surface area (Å²) in [5.74, 6) is 0.879. The summed E-state index contributed by atoms with van der Waals surface area (Å²) in [6.07, 6.45) is 2.70. The van der Waals surface area contributed by atoms with Gasteiger partial charge in [0.1, 0.15) is 0 Å². The Hall–Kier alpha value is -0.900. The SMILES string of the molecule is CCN(C)CCN(C)CC1CCN(Cc2ccccc2)CC1. The molecule has 1 aliphatic heterocycles. The standard InChI is InChI=1S/C19H33N3/c1-4-20(2)14-15-21(3)16-19-10-12-22(13-11-19)17-18-8-6-5-7-9-18/h5-9,19H,4,10-17H2,1-3H3. The molecule has 0 N–H and O–H groups in total. The van der Waals surface area contributed by atoms with E-state index in [-0.39, 0.29) is 0 Å². The lowest BCUT2D eigenvalue weighted by atomic mass is 9.96. The van der Waals surface area contributed by atoms with Gasteiger partial charge in [0.25, 0.3) is 0 Å². The lowest BCUT2D eigenvalue weighted by molar-refractivity contribution is 0.144. The molecule has 0 aliphatic carbocycles. The minimum atomic E-state index is 0.879. The molecule has 1 aliphatic rings. The first-order valence-corrected chi connectivity index (χ1v) is 8.80. The summed E-state index contributed by atoms with van der Waals surface area (Å²) >= 11 is 0. The van der Waals surface area contributed by atoms with Crippen LogP contribution in [0, 0.1) is 5.92 Å². The highest BCUT2D eigenvalue weighted by atomic mass is 15.2. The quantitative estimate of drug-likeness (QED) is 0.731.